The number of aromatic nitrogens is 1. The Morgan fingerprint density at radius 3 is 2.29 bits per heavy atom. The fraction of sp³-hybridized carbons (Fsp3) is 0.100. The molecule has 0 unspecified atom stereocenters. The number of rotatable bonds is 4. The normalized spacial score (nSPS) is 14.1. The van der Waals surface area contributed by atoms with Gasteiger partial charge in [-0.15, -0.1) is 11.3 Å². The van der Waals surface area contributed by atoms with E-state index < -0.39 is 23.8 Å². The quantitative estimate of drug-likeness (QED) is 0.656. The average molecular weight is 412 g/mol. The van der Waals surface area contributed by atoms with Gasteiger partial charge >= 0.3 is 0 Å². The molecule has 140 valence electrons. The van der Waals surface area contributed by atoms with Crippen LogP contribution in [0.5, 0.6) is 0 Å². The molecule has 0 aliphatic carbocycles. The summed E-state index contributed by atoms with van der Waals surface area (Å²) >= 11 is 7.15. The summed E-state index contributed by atoms with van der Waals surface area (Å²) in [5.41, 5.74) is 2.19. The lowest BCUT2D eigenvalue weighted by molar-refractivity contribution is -0.119. The number of carbonyl (C=O) groups is 3. The van der Waals surface area contributed by atoms with Gasteiger partial charge in [-0.1, -0.05) is 35.9 Å². The molecule has 1 aliphatic rings. The molecule has 6 nitrogen and oxygen atoms in total. The predicted molar refractivity (Wildman–Crippen MR) is 108 cm³/mol. The largest absolute Gasteiger partial charge is 0.300 e. The minimum absolute atomic E-state index is 0.312. The molecule has 0 bridgehead atoms. The third-order valence-electron chi connectivity index (χ3n) is 4.47. The van der Waals surface area contributed by atoms with E-state index in [4.69, 9.17) is 11.6 Å². The van der Waals surface area contributed by atoms with Gasteiger partial charge in [-0.3, -0.25) is 19.3 Å². The number of hydrogen-bond acceptors (Lipinski definition) is 5. The molecule has 1 N–H and O–H groups in total. The van der Waals surface area contributed by atoms with Crippen LogP contribution in [0.2, 0.25) is 5.02 Å². The first-order valence-electron chi connectivity index (χ1n) is 8.45. The van der Waals surface area contributed by atoms with Crippen LogP contribution in [0.1, 0.15) is 27.6 Å². The van der Waals surface area contributed by atoms with Crippen LogP contribution in [-0.4, -0.2) is 33.6 Å². The number of fused-ring (bicyclic) bond motifs is 1. The highest BCUT2D eigenvalue weighted by Gasteiger charge is 2.40. The van der Waals surface area contributed by atoms with E-state index in [9.17, 15) is 14.4 Å². The smallest absolute Gasteiger partial charge is 0.262 e. The molecule has 0 saturated heterocycles. The van der Waals surface area contributed by atoms with E-state index in [1.165, 1.54) is 18.3 Å². The lowest BCUT2D eigenvalue weighted by atomic mass is 10.1. The first-order valence-corrected chi connectivity index (χ1v) is 9.70. The number of carbonyl (C=O) groups excluding carboxylic acids is 3. The highest BCUT2D eigenvalue weighted by molar-refractivity contribution is 7.14. The number of halogens is 1. The van der Waals surface area contributed by atoms with Crippen LogP contribution in [0, 0.1) is 0 Å². The summed E-state index contributed by atoms with van der Waals surface area (Å²) in [6.07, 6.45) is 0. The number of hydrogen-bond donors (Lipinski definition) is 1. The van der Waals surface area contributed by atoms with Gasteiger partial charge in [-0.25, -0.2) is 4.98 Å². The molecule has 1 aliphatic heterocycles. The van der Waals surface area contributed by atoms with Gasteiger partial charge in [0.05, 0.1) is 16.8 Å². The molecular weight excluding hydrogens is 398 g/mol. The molecule has 1 aromatic heterocycles. The number of nitrogens with zero attached hydrogens (tertiary/aromatic N) is 2. The van der Waals surface area contributed by atoms with Crippen LogP contribution in [0.3, 0.4) is 0 Å². The number of thiazole rings is 1. The molecule has 3 aromatic rings. The molecule has 3 amide bonds. The summed E-state index contributed by atoms with van der Waals surface area (Å²) in [7, 11) is 0. The van der Waals surface area contributed by atoms with Crippen LogP contribution < -0.4 is 5.32 Å². The number of imide groups is 1. The van der Waals surface area contributed by atoms with Crippen LogP contribution >= 0.6 is 22.9 Å². The Balaban J connectivity index is 1.49. The van der Waals surface area contributed by atoms with Crippen molar-refractivity contribution in [1.82, 2.24) is 9.88 Å². The first kappa shape index (κ1) is 18.3. The maximum absolute atomic E-state index is 12.6. The Morgan fingerprint density at radius 2 is 1.68 bits per heavy atom. The Bertz CT molecular complexity index is 1060. The third-order valence-corrected chi connectivity index (χ3v) is 5.48. The van der Waals surface area contributed by atoms with Crippen LogP contribution in [0.25, 0.3) is 11.3 Å². The van der Waals surface area contributed by atoms with E-state index in [2.05, 4.69) is 10.3 Å². The summed E-state index contributed by atoms with van der Waals surface area (Å²) in [6.45, 7) is 1.52. The number of amides is 3. The summed E-state index contributed by atoms with van der Waals surface area (Å²) in [6, 6.07) is 12.8. The van der Waals surface area contributed by atoms with Crippen molar-refractivity contribution in [3.8, 4) is 11.3 Å². The zero-order valence-corrected chi connectivity index (χ0v) is 16.3. The van der Waals surface area contributed by atoms with Crippen molar-refractivity contribution in [2.24, 2.45) is 0 Å². The lowest BCUT2D eigenvalue weighted by Gasteiger charge is -2.21. The fourth-order valence-corrected chi connectivity index (χ4v) is 3.82. The number of nitrogens with one attached hydrogen (secondary N) is 1. The molecule has 2 heterocycles. The lowest BCUT2D eigenvalue weighted by Crippen LogP contribution is -2.45. The Morgan fingerprint density at radius 1 is 1.07 bits per heavy atom. The van der Waals surface area contributed by atoms with E-state index in [-0.39, 0.29) is 0 Å². The predicted octanol–water partition coefficient (Wildman–Crippen LogP) is 4.09. The van der Waals surface area contributed by atoms with Gasteiger partial charge in [-0.05, 0) is 31.2 Å². The standard InChI is InChI=1S/C20H14ClN3O3S/c1-11(24-18(26)14-4-2-3-5-15(14)19(24)27)17(25)23-20-22-16(10-28-20)12-6-8-13(21)9-7-12/h2-11H,1H3,(H,22,23,25)/t11-/m1/s1. The first-order chi connectivity index (χ1) is 13.5. The molecule has 8 heteroatoms. The SMILES string of the molecule is C[C@H](C(=O)Nc1nc(-c2ccc(Cl)cc2)cs1)N1C(=O)c2ccccc2C1=O. The minimum atomic E-state index is -0.963. The van der Waals surface area contributed by atoms with E-state index >= 15 is 0 Å². The van der Waals surface area contributed by atoms with Gasteiger partial charge < -0.3 is 5.32 Å². The van der Waals surface area contributed by atoms with Crippen molar-refractivity contribution in [3.63, 3.8) is 0 Å². The molecule has 2 aromatic carbocycles. The second-order valence-corrected chi connectivity index (χ2v) is 7.53. The van der Waals surface area contributed by atoms with E-state index in [1.807, 2.05) is 17.5 Å². The number of benzene rings is 2. The van der Waals surface area contributed by atoms with Gasteiger partial charge in [0.2, 0.25) is 5.91 Å². The topological polar surface area (TPSA) is 79.4 Å². The minimum Gasteiger partial charge on any atom is -0.300 e. The van der Waals surface area contributed by atoms with Crippen molar-refractivity contribution < 1.29 is 14.4 Å². The van der Waals surface area contributed by atoms with Crippen molar-refractivity contribution >= 4 is 45.8 Å². The Labute approximate surface area is 169 Å². The third kappa shape index (κ3) is 3.19. The van der Waals surface area contributed by atoms with Crippen LogP contribution in [0.15, 0.2) is 53.9 Å². The molecule has 0 spiro atoms. The summed E-state index contributed by atoms with van der Waals surface area (Å²) in [5, 5.41) is 5.51. The van der Waals surface area contributed by atoms with Gasteiger partial charge in [0.15, 0.2) is 5.13 Å². The summed E-state index contributed by atoms with van der Waals surface area (Å²) < 4.78 is 0. The summed E-state index contributed by atoms with van der Waals surface area (Å²) in [4.78, 5) is 43.0. The molecule has 1 atom stereocenters. The summed E-state index contributed by atoms with van der Waals surface area (Å²) in [5.74, 6) is -1.42. The Hall–Kier alpha value is -3.03. The van der Waals surface area contributed by atoms with Gasteiger partial charge in [0.1, 0.15) is 6.04 Å². The zero-order valence-electron chi connectivity index (χ0n) is 14.7. The average Bonchev–Trinajstić information content (AvgIpc) is 3.25. The monoisotopic (exact) mass is 411 g/mol. The maximum Gasteiger partial charge on any atom is 0.262 e. The number of anilines is 1. The van der Waals surface area contributed by atoms with E-state index in [0.717, 1.165) is 10.5 Å². The maximum atomic E-state index is 12.6. The Kier molecular flexibility index (Phi) is 4.70. The molecule has 0 radical (unpaired) electrons. The van der Waals surface area contributed by atoms with Crippen LogP contribution in [-0.2, 0) is 4.79 Å². The fourth-order valence-electron chi connectivity index (χ4n) is 2.97. The molecule has 28 heavy (non-hydrogen) atoms. The van der Waals surface area contributed by atoms with Crippen molar-refractivity contribution in [1.29, 1.82) is 0 Å². The molecular formula is C20H14ClN3O3S. The van der Waals surface area contributed by atoms with E-state index in [0.29, 0.717) is 27.0 Å². The van der Waals surface area contributed by atoms with Crippen molar-refractivity contribution in [3.05, 3.63) is 70.1 Å². The highest BCUT2D eigenvalue weighted by Crippen LogP contribution is 2.28. The molecule has 0 saturated carbocycles. The zero-order chi connectivity index (χ0) is 19.8. The van der Waals surface area contributed by atoms with Gasteiger partial charge in [0, 0.05) is 16.0 Å². The molecule has 0 fully saturated rings. The van der Waals surface area contributed by atoms with Gasteiger partial charge in [-0.2, -0.15) is 0 Å². The van der Waals surface area contributed by atoms with Gasteiger partial charge in [0.25, 0.3) is 11.8 Å². The highest BCUT2D eigenvalue weighted by atomic mass is 35.5. The van der Waals surface area contributed by atoms with Crippen molar-refractivity contribution in [2.75, 3.05) is 5.32 Å². The molecule has 4 rings (SSSR count). The second-order valence-electron chi connectivity index (χ2n) is 6.24. The van der Waals surface area contributed by atoms with Crippen molar-refractivity contribution in [2.45, 2.75) is 13.0 Å². The van der Waals surface area contributed by atoms with E-state index in [1.54, 1.807) is 36.4 Å². The van der Waals surface area contributed by atoms with Crippen LogP contribution in [0.4, 0.5) is 5.13 Å². The second kappa shape index (κ2) is 7.18.